The number of nitrogens with zero attached hydrogens (tertiary/aromatic N) is 1. The molecule has 100 valence electrons. The summed E-state index contributed by atoms with van der Waals surface area (Å²) in [6.07, 6.45) is 2.56. The van der Waals surface area contributed by atoms with E-state index in [0.717, 1.165) is 41.9 Å². The van der Waals surface area contributed by atoms with E-state index in [4.69, 9.17) is 4.74 Å². The van der Waals surface area contributed by atoms with E-state index >= 15 is 0 Å². The maximum atomic E-state index is 11.6. The van der Waals surface area contributed by atoms with E-state index in [9.17, 15) is 4.79 Å². The van der Waals surface area contributed by atoms with Crippen molar-refractivity contribution < 1.29 is 9.53 Å². The lowest BCUT2D eigenvalue weighted by Gasteiger charge is -2.14. The van der Waals surface area contributed by atoms with Gasteiger partial charge in [-0.15, -0.1) is 0 Å². The van der Waals surface area contributed by atoms with Gasteiger partial charge in [0.1, 0.15) is 11.5 Å². The van der Waals surface area contributed by atoms with Crippen LogP contribution in [0.3, 0.4) is 0 Å². The van der Waals surface area contributed by atoms with Gasteiger partial charge in [0.25, 0.3) is 5.91 Å². The summed E-state index contributed by atoms with van der Waals surface area (Å²) in [6, 6.07) is 3.95. The number of piperidine rings is 1. The van der Waals surface area contributed by atoms with E-state index < -0.39 is 0 Å². The summed E-state index contributed by atoms with van der Waals surface area (Å²) in [6.45, 7) is 1.46. The highest BCUT2D eigenvalue weighted by atomic mass is 79.9. The van der Waals surface area contributed by atoms with Crippen LogP contribution in [0.1, 0.15) is 18.4 Å². The number of amides is 1. The fourth-order valence-corrected chi connectivity index (χ4v) is 2.60. The Morgan fingerprint density at radius 3 is 3.11 bits per heavy atom. The van der Waals surface area contributed by atoms with Gasteiger partial charge in [-0.05, 0) is 46.5 Å². The van der Waals surface area contributed by atoms with Crippen LogP contribution in [0.5, 0.6) is 5.75 Å². The smallest absolute Gasteiger partial charge is 0.267 e. The largest absolute Gasteiger partial charge is 0.493 e. The molecule has 0 bridgehead atoms. The van der Waals surface area contributed by atoms with Gasteiger partial charge in [0, 0.05) is 17.4 Å². The molecule has 6 heteroatoms. The van der Waals surface area contributed by atoms with Crippen LogP contribution in [0.2, 0.25) is 0 Å². The lowest BCUT2D eigenvalue weighted by molar-refractivity contribution is -0.115. The summed E-state index contributed by atoms with van der Waals surface area (Å²) < 4.78 is 6.37. The highest BCUT2D eigenvalue weighted by molar-refractivity contribution is 9.10. The SMILES string of the molecule is O=C1NCCC/C1=N\Nc1cc2c(cc1Br)OCC2. The van der Waals surface area contributed by atoms with Crippen LogP contribution in [-0.4, -0.2) is 24.8 Å². The quantitative estimate of drug-likeness (QED) is 0.819. The molecule has 19 heavy (non-hydrogen) atoms. The highest BCUT2D eigenvalue weighted by Gasteiger charge is 2.17. The first-order valence-electron chi connectivity index (χ1n) is 6.30. The number of benzene rings is 1. The molecule has 0 atom stereocenters. The molecule has 2 N–H and O–H groups in total. The first kappa shape index (κ1) is 12.5. The summed E-state index contributed by atoms with van der Waals surface area (Å²) in [5.74, 6) is 0.833. The number of rotatable bonds is 2. The number of nitrogens with one attached hydrogen (secondary N) is 2. The van der Waals surface area contributed by atoms with Crippen LogP contribution in [0.25, 0.3) is 0 Å². The number of hydrogen-bond acceptors (Lipinski definition) is 4. The topological polar surface area (TPSA) is 62.7 Å². The van der Waals surface area contributed by atoms with Gasteiger partial charge >= 0.3 is 0 Å². The van der Waals surface area contributed by atoms with Gasteiger partial charge in [0.2, 0.25) is 0 Å². The van der Waals surface area contributed by atoms with Crippen molar-refractivity contribution in [1.29, 1.82) is 0 Å². The molecule has 5 nitrogen and oxygen atoms in total. The van der Waals surface area contributed by atoms with Crippen molar-refractivity contribution >= 4 is 33.2 Å². The number of hydrogen-bond donors (Lipinski definition) is 2. The van der Waals surface area contributed by atoms with Crippen molar-refractivity contribution in [2.45, 2.75) is 19.3 Å². The standard InChI is InChI=1S/C13H14BrN3O2/c14-9-7-12-8(3-5-19-12)6-11(9)17-16-10-2-1-4-15-13(10)18/h6-7,17H,1-5H2,(H,15,18)/b16-10+. The molecule has 1 fully saturated rings. The fraction of sp³-hybridized carbons (Fsp3) is 0.385. The van der Waals surface area contributed by atoms with Crippen molar-refractivity contribution in [2.24, 2.45) is 5.10 Å². The number of carbonyl (C=O) groups is 1. The fourth-order valence-electron chi connectivity index (χ4n) is 2.19. The Bertz CT molecular complexity index is 557. The third-order valence-corrected chi connectivity index (χ3v) is 3.88. The maximum absolute atomic E-state index is 11.6. The van der Waals surface area contributed by atoms with Gasteiger partial charge < -0.3 is 10.1 Å². The molecule has 0 radical (unpaired) electrons. The molecule has 3 rings (SSSR count). The number of anilines is 1. The van der Waals surface area contributed by atoms with Crippen molar-refractivity contribution in [3.05, 3.63) is 22.2 Å². The third kappa shape index (κ3) is 2.58. The highest BCUT2D eigenvalue weighted by Crippen LogP contribution is 2.34. The van der Waals surface area contributed by atoms with E-state index in [0.29, 0.717) is 12.1 Å². The number of hydrazone groups is 1. The van der Waals surface area contributed by atoms with Crippen LogP contribution in [-0.2, 0) is 11.2 Å². The second-order valence-corrected chi connectivity index (χ2v) is 5.42. The molecule has 2 aliphatic heterocycles. The first-order chi connectivity index (χ1) is 9.24. The van der Waals surface area contributed by atoms with E-state index in [1.165, 1.54) is 5.56 Å². The van der Waals surface area contributed by atoms with Crippen LogP contribution >= 0.6 is 15.9 Å². The summed E-state index contributed by atoms with van der Waals surface area (Å²) in [5, 5.41) is 6.99. The van der Waals surface area contributed by atoms with Crippen LogP contribution in [0.15, 0.2) is 21.7 Å². The zero-order valence-corrected chi connectivity index (χ0v) is 11.9. The zero-order valence-electron chi connectivity index (χ0n) is 10.3. The van der Waals surface area contributed by atoms with Crippen molar-refractivity contribution in [2.75, 3.05) is 18.6 Å². The van der Waals surface area contributed by atoms with Gasteiger partial charge in [-0.3, -0.25) is 10.2 Å². The minimum Gasteiger partial charge on any atom is -0.493 e. The minimum absolute atomic E-state index is 0.0839. The number of fused-ring (bicyclic) bond motifs is 1. The average Bonchev–Trinajstić information content (AvgIpc) is 2.84. The molecular weight excluding hydrogens is 310 g/mol. The average molecular weight is 324 g/mol. The second kappa shape index (κ2) is 5.21. The molecule has 2 aliphatic rings. The Labute approximate surface area is 119 Å². The monoisotopic (exact) mass is 323 g/mol. The maximum Gasteiger partial charge on any atom is 0.267 e. The van der Waals surface area contributed by atoms with Crippen LogP contribution in [0, 0.1) is 0 Å². The third-order valence-electron chi connectivity index (χ3n) is 3.23. The Balaban J connectivity index is 1.80. The van der Waals surface area contributed by atoms with Gasteiger partial charge in [-0.25, -0.2) is 0 Å². The Hall–Kier alpha value is -1.56. The number of halogens is 1. The molecule has 1 aromatic rings. The Morgan fingerprint density at radius 2 is 2.26 bits per heavy atom. The summed E-state index contributed by atoms with van der Waals surface area (Å²) >= 11 is 3.48. The van der Waals surface area contributed by atoms with E-state index in [1.54, 1.807) is 0 Å². The summed E-state index contributed by atoms with van der Waals surface area (Å²) in [7, 11) is 0. The van der Waals surface area contributed by atoms with Gasteiger partial charge in [-0.1, -0.05) is 0 Å². The molecule has 0 saturated carbocycles. The number of carbonyl (C=O) groups excluding carboxylic acids is 1. The lowest BCUT2D eigenvalue weighted by Crippen LogP contribution is -2.37. The Morgan fingerprint density at radius 1 is 1.37 bits per heavy atom. The van der Waals surface area contributed by atoms with Gasteiger partial charge in [-0.2, -0.15) is 5.10 Å². The molecule has 0 spiro atoms. The predicted molar refractivity (Wildman–Crippen MR) is 76.6 cm³/mol. The first-order valence-corrected chi connectivity index (χ1v) is 7.09. The molecule has 1 aromatic carbocycles. The lowest BCUT2D eigenvalue weighted by atomic mass is 10.1. The molecule has 0 unspecified atom stereocenters. The predicted octanol–water partition coefficient (Wildman–Crippen LogP) is 2.06. The molecule has 1 saturated heterocycles. The number of ether oxygens (including phenoxy) is 1. The van der Waals surface area contributed by atoms with E-state index in [-0.39, 0.29) is 5.91 Å². The Kier molecular flexibility index (Phi) is 3.42. The summed E-state index contributed by atoms with van der Waals surface area (Å²) in [5.41, 5.74) is 5.54. The van der Waals surface area contributed by atoms with Crippen LogP contribution in [0.4, 0.5) is 5.69 Å². The van der Waals surface area contributed by atoms with Crippen LogP contribution < -0.4 is 15.5 Å². The second-order valence-electron chi connectivity index (χ2n) is 4.57. The van der Waals surface area contributed by atoms with Crippen molar-refractivity contribution in [3.63, 3.8) is 0 Å². The van der Waals surface area contributed by atoms with Gasteiger partial charge in [0.15, 0.2) is 0 Å². The minimum atomic E-state index is -0.0839. The van der Waals surface area contributed by atoms with E-state index in [2.05, 4.69) is 31.8 Å². The summed E-state index contributed by atoms with van der Waals surface area (Å²) in [4.78, 5) is 11.6. The van der Waals surface area contributed by atoms with Gasteiger partial charge in [0.05, 0.1) is 12.3 Å². The zero-order chi connectivity index (χ0) is 13.2. The molecule has 0 aliphatic carbocycles. The molecule has 2 heterocycles. The molecular formula is C13H14BrN3O2. The van der Waals surface area contributed by atoms with E-state index in [1.807, 2.05) is 12.1 Å². The molecule has 1 amide bonds. The van der Waals surface area contributed by atoms with Crippen molar-refractivity contribution in [1.82, 2.24) is 5.32 Å². The normalized spacial score (nSPS) is 19.8. The van der Waals surface area contributed by atoms with Crippen molar-refractivity contribution in [3.8, 4) is 5.75 Å². The molecule has 0 aromatic heterocycles.